The van der Waals surface area contributed by atoms with Crippen LogP contribution < -0.4 is 0 Å². The topological polar surface area (TPSA) is 61.0 Å². The molecular formula is C10H11N3O2. The second kappa shape index (κ2) is 4.18. The Kier molecular flexibility index (Phi) is 2.73. The molecule has 5 nitrogen and oxygen atoms in total. The van der Waals surface area contributed by atoms with Crippen molar-refractivity contribution in [1.29, 1.82) is 0 Å². The molecule has 0 amide bonds. The number of aryl methyl sites for hydroxylation is 1. The van der Waals surface area contributed by atoms with Gasteiger partial charge in [0.1, 0.15) is 5.69 Å². The van der Waals surface area contributed by atoms with E-state index < -0.39 is 0 Å². The lowest BCUT2D eigenvalue weighted by atomic mass is 10.3. The van der Waals surface area contributed by atoms with Crippen LogP contribution in [0.25, 0.3) is 11.6 Å². The van der Waals surface area contributed by atoms with Crippen molar-refractivity contribution >= 4 is 0 Å². The molecule has 0 radical (unpaired) electrons. The van der Waals surface area contributed by atoms with Crippen LogP contribution in [-0.4, -0.2) is 22.2 Å². The van der Waals surface area contributed by atoms with Gasteiger partial charge in [0.05, 0.1) is 12.3 Å². The fraction of sp³-hybridized carbons (Fsp3) is 0.300. The molecule has 0 spiro atoms. The van der Waals surface area contributed by atoms with Crippen LogP contribution >= 0.6 is 0 Å². The molecule has 5 heteroatoms. The van der Waals surface area contributed by atoms with Crippen molar-refractivity contribution in [3.8, 4) is 11.6 Å². The van der Waals surface area contributed by atoms with E-state index in [1.807, 2.05) is 18.2 Å². The summed E-state index contributed by atoms with van der Waals surface area (Å²) < 4.78 is 10.0. The van der Waals surface area contributed by atoms with Gasteiger partial charge in [-0.3, -0.25) is 0 Å². The Labute approximate surface area is 87.1 Å². The van der Waals surface area contributed by atoms with Gasteiger partial charge in [0.2, 0.25) is 0 Å². The largest absolute Gasteiger partial charge is 0.378 e. The Bertz CT molecular complexity index is 453. The number of hydrogen-bond acceptors (Lipinski definition) is 5. The van der Waals surface area contributed by atoms with Crippen molar-refractivity contribution in [1.82, 2.24) is 15.1 Å². The summed E-state index contributed by atoms with van der Waals surface area (Å²) >= 11 is 0. The molecule has 0 atom stereocenters. The molecule has 2 aromatic heterocycles. The summed E-state index contributed by atoms with van der Waals surface area (Å²) in [6.07, 6.45) is 0. The van der Waals surface area contributed by atoms with Gasteiger partial charge in [0, 0.05) is 7.11 Å². The number of aromatic nitrogens is 3. The Morgan fingerprint density at radius 2 is 2.20 bits per heavy atom. The average Bonchev–Trinajstić information content (AvgIpc) is 2.66. The first-order valence-corrected chi connectivity index (χ1v) is 4.55. The summed E-state index contributed by atoms with van der Waals surface area (Å²) in [4.78, 5) is 8.43. The van der Waals surface area contributed by atoms with Crippen molar-refractivity contribution in [2.24, 2.45) is 0 Å². The first-order valence-electron chi connectivity index (χ1n) is 4.55. The maximum absolute atomic E-state index is 5.02. The third kappa shape index (κ3) is 2.19. The van der Waals surface area contributed by atoms with E-state index in [2.05, 4.69) is 15.1 Å². The summed E-state index contributed by atoms with van der Waals surface area (Å²) in [7, 11) is 1.63. The van der Waals surface area contributed by atoms with Gasteiger partial charge in [-0.1, -0.05) is 11.2 Å². The van der Waals surface area contributed by atoms with Gasteiger partial charge in [0.15, 0.2) is 5.82 Å². The highest BCUT2D eigenvalue weighted by atomic mass is 16.5. The van der Waals surface area contributed by atoms with Gasteiger partial charge in [-0.25, -0.2) is 4.98 Å². The minimum Gasteiger partial charge on any atom is -0.378 e. The molecule has 0 fully saturated rings. The predicted octanol–water partition coefficient (Wildman–Crippen LogP) is 1.59. The number of rotatable bonds is 3. The number of hydrogen-bond donors (Lipinski definition) is 0. The zero-order valence-corrected chi connectivity index (χ0v) is 8.60. The van der Waals surface area contributed by atoms with Crippen molar-refractivity contribution in [2.45, 2.75) is 13.5 Å². The Morgan fingerprint density at radius 3 is 2.87 bits per heavy atom. The second-order valence-corrected chi connectivity index (χ2v) is 3.09. The van der Waals surface area contributed by atoms with Crippen LogP contribution in [0.15, 0.2) is 22.7 Å². The van der Waals surface area contributed by atoms with Crippen molar-refractivity contribution in [3.05, 3.63) is 29.7 Å². The molecule has 0 unspecified atom stereocenters. The second-order valence-electron chi connectivity index (χ2n) is 3.09. The minimum atomic E-state index is 0.436. The van der Waals surface area contributed by atoms with E-state index in [0.717, 1.165) is 5.69 Å². The van der Waals surface area contributed by atoms with Gasteiger partial charge in [-0.2, -0.15) is 4.98 Å². The Hall–Kier alpha value is -1.75. The number of ether oxygens (including phenoxy) is 1. The summed E-state index contributed by atoms with van der Waals surface area (Å²) in [5, 5.41) is 3.71. The molecule has 0 aromatic carbocycles. The molecule has 2 rings (SSSR count). The lowest BCUT2D eigenvalue weighted by Crippen LogP contribution is -1.93. The lowest BCUT2D eigenvalue weighted by molar-refractivity contribution is 0.181. The quantitative estimate of drug-likeness (QED) is 0.761. The van der Waals surface area contributed by atoms with Crippen molar-refractivity contribution in [2.75, 3.05) is 7.11 Å². The van der Waals surface area contributed by atoms with E-state index in [-0.39, 0.29) is 0 Å². The van der Waals surface area contributed by atoms with Gasteiger partial charge < -0.3 is 9.26 Å². The molecule has 0 saturated carbocycles. The molecule has 0 aliphatic carbocycles. The average molecular weight is 205 g/mol. The highest BCUT2D eigenvalue weighted by molar-refractivity contribution is 5.46. The van der Waals surface area contributed by atoms with E-state index in [4.69, 9.17) is 9.26 Å². The first-order chi connectivity index (χ1) is 7.29. The van der Waals surface area contributed by atoms with Crippen LogP contribution in [-0.2, 0) is 11.3 Å². The summed E-state index contributed by atoms with van der Waals surface area (Å²) in [5.41, 5.74) is 1.51. The highest BCUT2D eigenvalue weighted by Crippen LogP contribution is 2.14. The number of nitrogens with zero attached hydrogens (tertiary/aromatic N) is 3. The summed E-state index contributed by atoms with van der Waals surface area (Å²) in [5.74, 6) is 1.04. The molecule has 0 saturated heterocycles. The fourth-order valence-electron chi connectivity index (χ4n) is 1.23. The molecule has 78 valence electrons. The minimum absolute atomic E-state index is 0.436. The summed E-state index contributed by atoms with van der Waals surface area (Å²) in [6, 6.07) is 5.60. The molecule has 0 bridgehead atoms. The molecule has 2 aromatic rings. The monoisotopic (exact) mass is 205 g/mol. The highest BCUT2D eigenvalue weighted by Gasteiger charge is 2.07. The predicted molar refractivity (Wildman–Crippen MR) is 53.0 cm³/mol. The first kappa shape index (κ1) is 9.79. The maximum atomic E-state index is 5.02. The van der Waals surface area contributed by atoms with Gasteiger partial charge >= 0.3 is 0 Å². The van der Waals surface area contributed by atoms with Crippen LogP contribution in [0.3, 0.4) is 0 Å². The molecular weight excluding hydrogens is 194 g/mol. The van der Waals surface area contributed by atoms with Crippen LogP contribution in [0, 0.1) is 6.92 Å². The SMILES string of the molecule is COCc1cccc(-c2nc(C)no2)n1. The third-order valence-corrected chi connectivity index (χ3v) is 1.85. The standard InChI is InChI=1S/C10H11N3O2/c1-7-11-10(15-13-7)9-5-3-4-8(12-9)6-14-2/h3-5H,6H2,1-2H3. The molecule has 2 heterocycles. The van der Waals surface area contributed by atoms with Gasteiger partial charge in [-0.05, 0) is 19.1 Å². The number of methoxy groups -OCH3 is 1. The van der Waals surface area contributed by atoms with E-state index in [1.165, 1.54) is 0 Å². The Morgan fingerprint density at radius 1 is 1.33 bits per heavy atom. The van der Waals surface area contributed by atoms with E-state index in [0.29, 0.717) is 24.0 Å². The third-order valence-electron chi connectivity index (χ3n) is 1.85. The lowest BCUT2D eigenvalue weighted by Gasteiger charge is -1.99. The van der Waals surface area contributed by atoms with Gasteiger partial charge in [-0.15, -0.1) is 0 Å². The van der Waals surface area contributed by atoms with E-state index in [9.17, 15) is 0 Å². The fourth-order valence-corrected chi connectivity index (χ4v) is 1.23. The maximum Gasteiger partial charge on any atom is 0.276 e. The van der Waals surface area contributed by atoms with Crippen LogP contribution in [0.1, 0.15) is 11.5 Å². The molecule has 0 aliphatic rings. The van der Waals surface area contributed by atoms with E-state index in [1.54, 1.807) is 14.0 Å². The smallest absolute Gasteiger partial charge is 0.276 e. The molecule has 15 heavy (non-hydrogen) atoms. The van der Waals surface area contributed by atoms with Crippen LogP contribution in [0.4, 0.5) is 0 Å². The molecule has 0 N–H and O–H groups in total. The van der Waals surface area contributed by atoms with Crippen molar-refractivity contribution < 1.29 is 9.26 Å². The summed E-state index contributed by atoms with van der Waals surface area (Å²) in [6.45, 7) is 2.24. The van der Waals surface area contributed by atoms with Gasteiger partial charge in [0.25, 0.3) is 5.89 Å². The molecule has 0 aliphatic heterocycles. The normalized spacial score (nSPS) is 10.5. The van der Waals surface area contributed by atoms with Crippen LogP contribution in [0.5, 0.6) is 0 Å². The number of pyridine rings is 1. The zero-order chi connectivity index (χ0) is 10.7. The van der Waals surface area contributed by atoms with E-state index >= 15 is 0 Å². The van der Waals surface area contributed by atoms with Crippen LogP contribution in [0.2, 0.25) is 0 Å². The zero-order valence-electron chi connectivity index (χ0n) is 8.60. The Balaban J connectivity index is 2.32. The van der Waals surface area contributed by atoms with Crippen molar-refractivity contribution in [3.63, 3.8) is 0 Å².